The highest BCUT2D eigenvalue weighted by atomic mass is 16.5. The van der Waals surface area contributed by atoms with E-state index in [-0.39, 0.29) is 5.56 Å². The molecule has 0 atom stereocenters. The molecule has 2 aromatic rings. The Morgan fingerprint density at radius 3 is 2.62 bits per heavy atom. The number of hydrogen-bond acceptors (Lipinski definition) is 4. The van der Waals surface area contributed by atoms with Crippen molar-refractivity contribution >= 4 is 11.7 Å². The van der Waals surface area contributed by atoms with Gasteiger partial charge in [0.05, 0.1) is 32.1 Å². The first-order chi connectivity index (χ1) is 11.6. The number of aryl methyl sites for hydroxylation is 1. The van der Waals surface area contributed by atoms with Crippen LogP contribution in [0.4, 0.5) is 5.69 Å². The summed E-state index contributed by atoms with van der Waals surface area (Å²) in [5.41, 5.74) is 2.70. The summed E-state index contributed by atoms with van der Waals surface area (Å²) >= 11 is 0. The third-order valence-corrected chi connectivity index (χ3v) is 4.35. The van der Waals surface area contributed by atoms with Crippen LogP contribution in [-0.2, 0) is 0 Å². The molecular weight excluding hydrogens is 304 g/mol. The number of aromatic carboxylic acids is 1. The largest absolute Gasteiger partial charge is 0.545 e. The first kappa shape index (κ1) is 16.3. The van der Waals surface area contributed by atoms with Gasteiger partial charge in [0.15, 0.2) is 0 Å². The van der Waals surface area contributed by atoms with Crippen molar-refractivity contribution in [2.24, 2.45) is 0 Å². The van der Waals surface area contributed by atoms with Crippen LogP contribution < -0.4 is 19.6 Å². The van der Waals surface area contributed by atoms with E-state index in [1.807, 2.05) is 0 Å². The lowest BCUT2D eigenvalue weighted by Crippen LogP contribution is -3.15. The summed E-state index contributed by atoms with van der Waals surface area (Å²) in [6, 6.07) is 15.0. The predicted molar refractivity (Wildman–Crippen MR) is 90.4 cm³/mol. The molecule has 2 aromatic carbocycles. The number of ether oxygens (including phenoxy) is 1. The van der Waals surface area contributed by atoms with E-state index in [4.69, 9.17) is 4.74 Å². The Bertz CT molecular complexity index is 709. The first-order valence-electron chi connectivity index (χ1n) is 8.21. The Morgan fingerprint density at radius 1 is 1.17 bits per heavy atom. The Balaban J connectivity index is 1.51. The lowest BCUT2D eigenvalue weighted by atomic mass is 10.2. The number of benzene rings is 2. The van der Waals surface area contributed by atoms with Gasteiger partial charge in [-0.1, -0.05) is 24.3 Å². The normalized spacial score (nSPS) is 15.3. The maximum Gasteiger partial charge on any atom is 0.222 e. The van der Waals surface area contributed by atoms with Crippen LogP contribution in [-0.4, -0.2) is 38.9 Å². The standard InChI is InChI=1S/C19H22N2O3/c1-15-4-2-6-17(12-15)21-10-8-20(9-11-21)14-24-18-7-3-5-16(13-18)19(22)23/h2-7,12-13H,8-11,14H2,1H3,(H,22,23). The molecule has 1 N–H and O–H groups in total. The summed E-state index contributed by atoms with van der Waals surface area (Å²) < 4.78 is 5.75. The molecule has 0 bridgehead atoms. The zero-order chi connectivity index (χ0) is 16.9. The minimum atomic E-state index is -1.18. The maximum absolute atomic E-state index is 10.9. The summed E-state index contributed by atoms with van der Waals surface area (Å²) in [5, 5.41) is 10.9. The van der Waals surface area contributed by atoms with Crippen molar-refractivity contribution in [2.75, 3.05) is 37.8 Å². The predicted octanol–water partition coefficient (Wildman–Crippen LogP) is 0.0999. The maximum atomic E-state index is 10.9. The lowest BCUT2D eigenvalue weighted by molar-refractivity contribution is -0.916. The summed E-state index contributed by atoms with van der Waals surface area (Å²) in [5.74, 6) is -0.607. The number of nitrogens with zero attached hydrogens (tertiary/aromatic N) is 1. The molecule has 0 unspecified atom stereocenters. The van der Waals surface area contributed by atoms with Gasteiger partial charge in [-0.05, 0) is 36.8 Å². The SMILES string of the molecule is Cc1cccc(N2CC[NH+](COc3cccc(C(=O)[O-])c3)CC2)c1. The fourth-order valence-electron chi connectivity index (χ4n) is 2.95. The van der Waals surface area contributed by atoms with E-state index in [1.54, 1.807) is 12.1 Å². The molecule has 24 heavy (non-hydrogen) atoms. The van der Waals surface area contributed by atoms with Gasteiger partial charge in [-0.25, -0.2) is 0 Å². The molecule has 0 amide bonds. The summed E-state index contributed by atoms with van der Waals surface area (Å²) in [4.78, 5) is 14.6. The topological polar surface area (TPSA) is 57.0 Å². The third kappa shape index (κ3) is 4.06. The van der Waals surface area contributed by atoms with Gasteiger partial charge in [0, 0.05) is 11.3 Å². The molecule has 5 heteroatoms. The number of nitrogens with one attached hydrogen (secondary N) is 1. The number of carboxylic acid groups (broad SMARTS) is 1. The Morgan fingerprint density at radius 2 is 1.92 bits per heavy atom. The second-order valence-corrected chi connectivity index (χ2v) is 6.18. The van der Waals surface area contributed by atoms with Crippen LogP contribution in [0.25, 0.3) is 0 Å². The summed E-state index contributed by atoms with van der Waals surface area (Å²) in [6.45, 7) is 6.61. The molecule has 3 rings (SSSR count). The number of hydrogen-bond donors (Lipinski definition) is 1. The first-order valence-corrected chi connectivity index (χ1v) is 8.21. The second kappa shape index (κ2) is 7.36. The average molecular weight is 326 g/mol. The van der Waals surface area contributed by atoms with E-state index in [0.29, 0.717) is 12.5 Å². The molecule has 1 heterocycles. The molecule has 1 aliphatic rings. The van der Waals surface area contributed by atoms with Crippen LogP contribution in [0.5, 0.6) is 5.75 Å². The van der Waals surface area contributed by atoms with Crippen LogP contribution in [0.3, 0.4) is 0 Å². The third-order valence-electron chi connectivity index (χ3n) is 4.35. The molecule has 1 saturated heterocycles. The molecule has 0 saturated carbocycles. The second-order valence-electron chi connectivity index (χ2n) is 6.18. The van der Waals surface area contributed by atoms with E-state index in [0.717, 1.165) is 26.2 Å². The van der Waals surface area contributed by atoms with E-state index >= 15 is 0 Å². The molecule has 5 nitrogen and oxygen atoms in total. The number of rotatable bonds is 5. The van der Waals surface area contributed by atoms with E-state index in [9.17, 15) is 9.90 Å². The zero-order valence-corrected chi connectivity index (χ0v) is 13.8. The fraction of sp³-hybridized carbons (Fsp3) is 0.316. The van der Waals surface area contributed by atoms with Crippen molar-refractivity contribution in [2.45, 2.75) is 6.92 Å². The number of quaternary nitrogens is 1. The van der Waals surface area contributed by atoms with Gasteiger partial charge in [-0.2, -0.15) is 0 Å². The van der Waals surface area contributed by atoms with E-state index < -0.39 is 5.97 Å². The molecule has 126 valence electrons. The van der Waals surface area contributed by atoms with Gasteiger partial charge in [0.1, 0.15) is 5.75 Å². The van der Waals surface area contributed by atoms with Crippen molar-refractivity contribution in [3.63, 3.8) is 0 Å². The van der Waals surface area contributed by atoms with Crippen LogP contribution in [0.15, 0.2) is 48.5 Å². The molecule has 0 radical (unpaired) electrons. The fourth-order valence-corrected chi connectivity index (χ4v) is 2.95. The van der Waals surface area contributed by atoms with Gasteiger partial charge in [0.2, 0.25) is 6.73 Å². The number of piperazine rings is 1. The summed E-state index contributed by atoms with van der Waals surface area (Å²) in [7, 11) is 0. The number of anilines is 1. The molecule has 0 aromatic heterocycles. The van der Waals surface area contributed by atoms with Crippen molar-refractivity contribution in [1.82, 2.24) is 0 Å². The number of carbonyl (C=O) groups is 1. The van der Waals surface area contributed by atoms with Crippen molar-refractivity contribution < 1.29 is 19.5 Å². The van der Waals surface area contributed by atoms with Gasteiger partial charge in [0.25, 0.3) is 0 Å². The van der Waals surface area contributed by atoms with E-state index in [1.165, 1.54) is 28.3 Å². The quantitative estimate of drug-likeness (QED) is 0.847. The zero-order valence-electron chi connectivity index (χ0n) is 13.8. The smallest absolute Gasteiger partial charge is 0.222 e. The van der Waals surface area contributed by atoms with Gasteiger partial charge >= 0.3 is 0 Å². The summed E-state index contributed by atoms with van der Waals surface area (Å²) in [6.07, 6.45) is 0. The Labute approximate surface area is 142 Å². The van der Waals surface area contributed by atoms with Crippen LogP contribution in [0.1, 0.15) is 15.9 Å². The van der Waals surface area contributed by atoms with E-state index in [2.05, 4.69) is 36.1 Å². The molecular formula is C19H22N2O3. The van der Waals surface area contributed by atoms with Crippen molar-refractivity contribution in [3.8, 4) is 5.75 Å². The molecule has 1 aliphatic heterocycles. The molecule has 0 spiro atoms. The highest BCUT2D eigenvalue weighted by Crippen LogP contribution is 2.15. The van der Waals surface area contributed by atoms with Crippen molar-refractivity contribution in [1.29, 1.82) is 0 Å². The minimum Gasteiger partial charge on any atom is -0.545 e. The average Bonchev–Trinajstić information content (AvgIpc) is 2.61. The van der Waals surface area contributed by atoms with Crippen LogP contribution in [0, 0.1) is 6.92 Å². The number of carboxylic acids is 1. The monoisotopic (exact) mass is 326 g/mol. The van der Waals surface area contributed by atoms with Crippen molar-refractivity contribution in [3.05, 3.63) is 59.7 Å². The van der Waals surface area contributed by atoms with Crippen LogP contribution >= 0.6 is 0 Å². The lowest BCUT2D eigenvalue weighted by Gasteiger charge is -2.33. The van der Waals surface area contributed by atoms with Gasteiger partial charge < -0.3 is 19.5 Å². The molecule has 0 aliphatic carbocycles. The Hall–Kier alpha value is -2.53. The Kier molecular flexibility index (Phi) is 5.01. The van der Waals surface area contributed by atoms with Gasteiger partial charge in [-0.3, -0.25) is 4.90 Å². The highest BCUT2D eigenvalue weighted by Gasteiger charge is 2.20. The number of carbonyl (C=O) groups excluding carboxylic acids is 1. The molecule has 1 fully saturated rings. The minimum absolute atomic E-state index is 0.145. The van der Waals surface area contributed by atoms with Crippen LogP contribution in [0.2, 0.25) is 0 Å². The highest BCUT2D eigenvalue weighted by molar-refractivity contribution is 5.86. The van der Waals surface area contributed by atoms with Gasteiger partial charge in [-0.15, -0.1) is 0 Å².